The Kier molecular flexibility index (Phi) is 5.79. The van der Waals surface area contributed by atoms with E-state index >= 15 is 0 Å². The Morgan fingerprint density at radius 1 is 1.00 bits per heavy atom. The van der Waals surface area contributed by atoms with Crippen molar-refractivity contribution in [2.75, 3.05) is 6.79 Å². The van der Waals surface area contributed by atoms with Gasteiger partial charge in [-0.2, -0.15) is 0 Å². The van der Waals surface area contributed by atoms with E-state index in [-0.39, 0.29) is 18.2 Å². The lowest BCUT2D eigenvalue weighted by Gasteiger charge is -2.11. The molecular formula is C26H19ClN2O5. The fourth-order valence-corrected chi connectivity index (χ4v) is 3.96. The zero-order valence-electron chi connectivity index (χ0n) is 17.8. The molecule has 0 atom stereocenters. The predicted molar refractivity (Wildman–Crippen MR) is 128 cm³/mol. The molecule has 0 fully saturated rings. The summed E-state index contributed by atoms with van der Waals surface area (Å²) < 4.78 is 16.7. The molecule has 0 aliphatic carbocycles. The van der Waals surface area contributed by atoms with Gasteiger partial charge in [-0.05, 0) is 59.2 Å². The molecule has 0 bridgehead atoms. The Morgan fingerprint density at radius 2 is 1.79 bits per heavy atom. The maximum Gasteiger partial charge on any atom is 0.336 e. The number of ether oxygens (including phenoxy) is 3. The first kappa shape index (κ1) is 21.8. The van der Waals surface area contributed by atoms with E-state index in [4.69, 9.17) is 31.5 Å². The Balaban J connectivity index is 1.49. The molecule has 7 nitrogen and oxygen atoms in total. The van der Waals surface area contributed by atoms with Gasteiger partial charge in [-0.15, -0.1) is 0 Å². The van der Waals surface area contributed by atoms with E-state index in [1.165, 1.54) is 6.07 Å². The van der Waals surface area contributed by atoms with Crippen LogP contribution < -0.4 is 19.9 Å². The molecule has 1 aromatic heterocycles. The molecule has 3 aromatic carbocycles. The second kappa shape index (κ2) is 9.05. The Hall–Kier alpha value is -4.07. The molecule has 2 heterocycles. The zero-order valence-corrected chi connectivity index (χ0v) is 18.6. The molecule has 0 unspecified atom stereocenters. The van der Waals surface area contributed by atoms with E-state index in [9.17, 15) is 9.90 Å². The molecule has 0 radical (unpaired) electrons. The highest BCUT2D eigenvalue weighted by Crippen LogP contribution is 2.39. The fourth-order valence-electron chi connectivity index (χ4n) is 3.74. The molecule has 3 N–H and O–H groups in total. The van der Waals surface area contributed by atoms with Crippen molar-refractivity contribution < 1.29 is 24.1 Å². The first-order chi connectivity index (χ1) is 16.5. The van der Waals surface area contributed by atoms with Crippen LogP contribution in [0, 0.1) is 0 Å². The number of halogens is 1. The molecular weight excluding hydrogens is 456 g/mol. The molecule has 4 aromatic rings. The SMILES string of the molecule is NCc1cccc(-c2cc(Cl)cc(Oc3cccc(-c4cc5c(cc4C(=O)O)OCO5)n3)c2)c1. The molecule has 0 saturated heterocycles. The third-order valence-electron chi connectivity index (χ3n) is 5.33. The minimum Gasteiger partial charge on any atom is -0.478 e. The number of aromatic nitrogens is 1. The van der Waals surface area contributed by atoms with Crippen molar-refractivity contribution in [3.05, 3.63) is 88.9 Å². The topological polar surface area (TPSA) is 104 Å². The van der Waals surface area contributed by atoms with Crippen molar-refractivity contribution in [3.63, 3.8) is 0 Å². The van der Waals surface area contributed by atoms with E-state index in [0.717, 1.165) is 16.7 Å². The molecule has 1 aliphatic heterocycles. The number of fused-ring (bicyclic) bond motifs is 1. The molecule has 0 spiro atoms. The number of hydrogen-bond acceptors (Lipinski definition) is 6. The molecule has 34 heavy (non-hydrogen) atoms. The van der Waals surface area contributed by atoms with Gasteiger partial charge in [0, 0.05) is 23.2 Å². The largest absolute Gasteiger partial charge is 0.478 e. The Morgan fingerprint density at radius 3 is 2.59 bits per heavy atom. The lowest BCUT2D eigenvalue weighted by molar-refractivity contribution is 0.0697. The first-order valence-corrected chi connectivity index (χ1v) is 10.8. The van der Waals surface area contributed by atoms with E-state index < -0.39 is 5.97 Å². The van der Waals surface area contributed by atoms with Crippen molar-refractivity contribution in [1.82, 2.24) is 4.98 Å². The smallest absolute Gasteiger partial charge is 0.336 e. The molecule has 8 heteroatoms. The second-order valence-electron chi connectivity index (χ2n) is 7.60. The van der Waals surface area contributed by atoms with E-state index in [1.54, 1.807) is 30.3 Å². The summed E-state index contributed by atoms with van der Waals surface area (Å²) in [7, 11) is 0. The Bertz CT molecular complexity index is 1410. The van der Waals surface area contributed by atoms with Gasteiger partial charge in [0.1, 0.15) is 5.75 Å². The summed E-state index contributed by atoms with van der Waals surface area (Å²) >= 11 is 6.36. The highest BCUT2D eigenvalue weighted by Gasteiger charge is 2.22. The number of aromatic carboxylic acids is 1. The van der Waals surface area contributed by atoms with Crippen LogP contribution in [-0.2, 0) is 6.54 Å². The minimum absolute atomic E-state index is 0.0414. The van der Waals surface area contributed by atoms with Crippen molar-refractivity contribution in [1.29, 1.82) is 0 Å². The highest BCUT2D eigenvalue weighted by molar-refractivity contribution is 6.31. The quantitative estimate of drug-likeness (QED) is 0.366. The van der Waals surface area contributed by atoms with Crippen LogP contribution in [-0.4, -0.2) is 22.9 Å². The lowest BCUT2D eigenvalue weighted by Crippen LogP contribution is -2.01. The molecule has 5 rings (SSSR count). The average molecular weight is 475 g/mol. The fraction of sp³-hybridized carbons (Fsp3) is 0.0769. The van der Waals surface area contributed by atoms with Gasteiger partial charge in [-0.1, -0.05) is 35.9 Å². The summed E-state index contributed by atoms with van der Waals surface area (Å²) in [5.74, 6) is 0.538. The van der Waals surface area contributed by atoms with Crippen LogP contribution in [0.25, 0.3) is 22.4 Å². The molecule has 0 amide bonds. The highest BCUT2D eigenvalue weighted by atomic mass is 35.5. The van der Waals surface area contributed by atoms with E-state index in [2.05, 4.69) is 4.98 Å². The summed E-state index contributed by atoms with van der Waals surface area (Å²) in [4.78, 5) is 16.4. The summed E-state index contributed by atoms with van der Waals surface area (Å²) in [6, 6.07) is 21.5. The number of hydrogen-bond donors (Lipinski definition) is 2. The van der Waals surface area contributed by atoms with Crippen LogP contribution in [0.2, 0.25) is 5.02 Å². The second-order valence-corrected chi connectivity index (χ2v) is 8.04. The average Bonchev–Trinajstić information content (AvgIpc) is 3.31. The summed E-state index contributed by atoms with van der Waals surface area (Å²) in [5, 5.41) is 10.2. The normalized spacial score (nSPS) is 11.9. The van der Waals surface area contributed by atoms with Crippen molar-refractivity contribution >= 4 is 17.6 Å². The predicted octanol–water partition coefficient (Wildman–Crippen LogP) is 5.75. The summed E-state index contributed by atoms with van der Waals surface area (Å²) in [6.45, 7) is 0.479. The number of rotatable bonds is 6. The van der Waals surface area contributed by atoms with Gasteiger partial charge >= 0.3 is 5.97 Å². The van der Waals surface area contributed by atoms with Crippen molar-refractivity contribution in [2.45, 2.75) is 6.54 Å². The maximum absolute atomic E-state index is 11.8. The number of carbonyl (C=O) groups is 1. The Labute approximate surface area is 200 Å². The van der Waals surface area contributed by atoms with Gasteiger partial charge in [-0.25, -0.2) is 9.78 Å². The van der Waals surface area contributed by atoms with Gasteiger partial charge in [0.05, 0.1) is 11.3 Å². The van der Waals surface area contributed by atoms with Crippen LogP contribution in [0.1, 0.15) is 15.9 Å². The van der Waals surface area contributed by atoms with Crippen molar-refractivity contribution in [2.24, 2.45) is 5.73 Å². The monoisotopic (exact) mass is 474 g/mol. The minimum atomic E-state index is -1.10. The van der Waals surface area contributed by atoms with Gasteiger partial charge < -0.3 is 25.1 Å². The van der Waals surface area contributed by atoms with Gasteiger partial charge in [0.25, 0.3) is 0 Å². The standard InChI is InChI=1S/C26H19ClN2O5/c27-18-8-17(16-4-1-3-15(7-16)13-28)9-19(10-18)34-25-6-2-5-22(29-25)20-11-23-24(33-14-32-23)12-21(20)26(30)31/h1-12H,13-14,28H2,(H,30,31). The first-order valence-electron chi connectivity index (χ1n) is 10.4. The van der Waals surface area contributed by atoms with Crippen LogP contribution in [0.15, 0.2) is 72.8 Å². The number of carboxylic acids is 1. The van der Waals surface area contributed by atoms with E-state index in [1.807, 2.05) is 36.4 Å². The third-order valence-corrected chi connectivity index (χ3v) is 5.55. The number of pyridine rings is 1. The van der Waals surface area contributed by atoms with Gasteiger partial charge in [-0.3, -0.25) is 0 Å². The lowest BCUT2D eigenvalue weighted by atomic mass is 10.0. The van der Waals surface area contributed by atoms with Gasteiger partial charge in [0.15, 0.2) is 11.5 Å². The number of benzene rings is 3. The third kappa shape index (κ3) is 4.39. The summed E-state index contributed by atoms with van der Waals surface area (Å²) in [6.07, 6.45) is 0. The van der Waals surface area contributed by atoms with Crippen LogP contribution >= 0.6 is 11.6 Å². The van der Waals surface area contributed by atoms with Crippen LogP contribution in [0.5, 0.6) is 23.1 Å². The maximum atomic E-state index is 11.8. The van der Waals surface area contributed by atoms with Crippen LogP contribution in [0.3, 0.4) is 0 Å². The van der Waals surface area contributed by atoms with Crippen molar-refractivity contribution in [3.8, 4) is 45.5 Å². The molecule has 170 valence electrons. The van der Waals surface area contributed by atoms with E-state index in [0.29, 0.717) is 40.1 Å². The molecule has 1 aliphatic rings. The van der Waals surface area contributed by atoms with Gasteiger partial charge in [0.2, 0.25) is 12.7 Å². The number of nitrogens with two attached hydrogens (primary N) is 1. The number of carboxylic acid groups (broad SMARTS) is 1. The summed E-state index contributed by atoms with van der Waals surface area (Å²) in [5.41, 5.74) is 9.48. The zero-order chi connectivity index (χ0) is 23.7. The molecule has 0 saturated carbocycles. The van der Waals surface area contributed by atoms with Crippen LogP contribution in [0.4, 0.5) is 0 Å². The number of nitrogens with zero attached hydrogens (tertiary/aromatic N) is 1.